The van der Waals surface area contributed by atoms with Gasteiger partial charge in [-0.3, -0.25) is 9.59 Å². The van der Waals surface area contributed by atoms with Crippen LogP contribution in [0.15, 0.2) is 42.5 Å². The van der Waals surface area contributed by atoms with Gasteiger partial charge in [-0.1, -0.05) is 44.2 Å². The fourth-order valence-electron chi connectivity index (χ4n) is 1.80. The van der Waals surface area contributed by atoms with E-state index in [9.17, 15) is 9.59 Å². The number of ketones is 1. The molecule has 0 radical (unpaired) electrons. The summed E-state index contributed by atoms with van der Waals surface area (Å²) in [6, 6.07) is 13.4. The summed E-state index contributed by atoms with van der Waals surface area (Å²) in [5.41, 5.74) is 0.579. The molecule has 2 aromatic carbocycles. The van der Waals surface area contributed by atoms with E-state index in [0.29, 0.717) is 5.56 Å². The SMILES string of the molecule is CC(C)C(=O)CNC(=O)c1ccc2ccccc2c1. The molecule has 0 fully saturated rings. The third-order valence-electron chi connectivity index (χ3n) is 3.08. The first-order chi connectivity index (χ1) is 9.08. The Morgan fingerprint density at radius 3 is 2.42 bits per heavy atom. The summed E-state index contributed by atoms with van der Waals surface area (Å²) >= 11 is 0. The highest BCUT2D eigenvalue weighted by atomic mass is 16.2. The third kappa shape index (κ3) is 3.19. The number of nitrogens with one attached hydrogen (secondary N) is 1. The molecule has 2 rings (SSSR count). The van der Waals surface area contributed by atoms with Gasteiger partial charge in [-0.05, 0) is 22.9 Å². The molecule has 2 aromatic rings. The topological polar surface area (TPSA) is 46.2 Å². The van der Waals surface area contributed by atoms with Gasteiger partial charge in [0.15, 0.2) is 5.78 Å². The number of benzene rings is 2. The maximum absolute atomic E-state index is 12.0. The van der Waals surface area contributed by atoms with Crippen LogP contribution >= 0.6 is 0 Å². The minimum atomic E-state index is -0.209. The van der Waals surface area contributed by atoms with Crippen molar-refractivity contribution >= 4 is 22.5 Å². The average Bonchev–Trinajstić information content (AvgIpc) is 2.43. The van der Waals surface area contributed by atoms with Crippen molar-refractivity contribution in [3.05, 3.63) is 48.0 Å². The van der Waals surface area contributed by atoms with Gasteiger partial charge in [-0.25, -0.2) is 0 Å². The first kappa shape index (κ1) is 13.3. The Bertz CT molecular complexity index is 617. The average molecular weight is 255 g/mol. The van der Waals surface area contributed by atoms with Gasteiger partial charge in [-0.2, -0.15) is 0 Å². The zero-order chi connectivity index (χ0) is 13.8. The molecule has 0 saturated heterocycles. The largest absolute Gasteiger partial charge is 0.345 e. The van der Waals surface area contributed by atoms with Crippen molar-refractivity contribution in [3.8, 4) is 0 Å². The summed E-state index contributed by atoms with van der Waals surface area (Å²) in [6.45, 7) is 3.73. The number of carbonyl (C=O) groups excluding carboxylic acids is 2. The lowest BCUT2D eigenvalue weighted by Crippen LogP contribution is -2.31. The van der Waals surface area contributed by atoms with E-state index in [-0.39, 0.29) is 24.2 Å². The van der Waals surface area contributed by atoms with E-state index in [1.54, 1.807) is 6.07 Å². The van der Waals surface area contributed by atoms with E-state index in [2.05, 4.69) is 5.32 Å². The normalized spacial score (nSPS) is 10.7. The Labute approximate surface area is 112 Å². The van der Waals surface area contributed by atoms with Gasteiger partial charge >= 0.3 is 0 Å². The van der Waals surface area contributed by atoms with Crippen molar-refractivity contribution in [2.45, 2.75) is 13.8 Å². The minimum absolute atomic E-state index is 0.0362. The zero-order valence-corrected chi connectivity index (χ0v) is 11.1. The number of amides is 1. The van der Waals surface area contributed by atoms with Crippen molar-refractivity contribution in [1.82, 2.24) is 5.32 Å². The zero-order valence-electron chi connectivity index (χ0n) is 11.1. The van der Waals surface area contributed by atoms with Gasteiger partial charge in [-0.15, -0.1) is 0 Å². The van der Waals surface area contributed by atoms with Crippen molar-refractivity contribution in [1.29, 1.82) is 0 Å². The van der Waals surface area contributed by atoms with Crippen LogP contribution in [0.1, 0.15) is 24.2 Å². The van der Waals surface area contributed by atoms with Gasteiger partial charge in [0, 0.05) is 11.5 Å². The van der Waals surface area contributed by atoms with Crippen LogP contribution in [-0.4, -0.2) is 18.2 Å². The van der Waals surface area contributed by atoms with E-state index in [0.717, 1.165) is 10.8 Å². The van der Waals surface area contributed by atoms with E-state index in [1.165, 1.54) is 0 Å². The molecule has 19 heavy (non-hydrogen) atoms. The molecule has 0 unspecified atom stereocenters. The highest BCUT2D eigenvalue weighted by molar-refractivity contribution is 6.00. The number of hydrogen-bond donors (Lipinski definition) is 1. The molecule has 1 N–H and O–H groups in total. The summed E-state index contributed by atoms with van der Waals surface area (Å²) < 4.78 is 0. The van der Waals surface area contributed by atoms with Crippen LogP contribution in [0.3, 0.4) is 0 Å². The number of fused-ring (bicyclic) bond motifs is 1. The molecule has 0 aromatic heterocycles. The number of rotatable bonds is 4. The molecule has 0 heterocycles. The molecule has 3 heteroatoms. The Hall–Kier alpha value is -2.16. The van der Waals surface area contributed by atoms with E-state index < -0.39 is 0 Å². The van der Waals surface area contributed by atoms with Crippen molar-refractivity contribution in [3.63, 3.8) is 0 Å². The highest BCUT2D eigenvalue weighted by Crippen LogP contribution is 2.15. The van der Waals surface area contributed by atoms with Crippen molar-refractivity contribution in [2.75, 3.05) is 6.54 Å². The lowest BCUT2D eigenvalue weighted by atomic mass is 10.1. The van der Waals surface area contributed by atoms with E-state index in [1.807, 2.05) is 50.2 Å². The second-order valence-electron chi connectivity index (χ2n) is 4.87. The maximum atomic E-state index is 12.0. The van der Waals surface area contributed by atoms with Crippen LogP contribution < -0.4 is 5.32 Å². The maximum Gasteiger partial charge on any atom is 0.251 e. The molecule has 0 bridgehead atoms. The molecule has 0 atom stereocenters. The Balaban J connectivity index is 2.11. The van der Waals surface area contributed by atoms with Crippen molar-refractivity contribution in [2.24, 2.45) is 5.92 Å². The predicted molar refractivity (Wildman–Crippen MR) is 76.1 cm³/mol. The van der Waals surface area contributed by atoms with Gasteiger partial charge in [0.25, 0.3) is 5.91 Å². The first-order valence-electron chi connectivity index (χ1n) is 6.37. The van der Waals surface area contributed by atoms with Gasteiger partial charge in [0.05, 0.1) is 6.54 Å². The van der Waals surface area contributed by atoms with Gasteiger partial charge in [0.2, 0.25) is 0 Å². The summed E-state index contributed by atoms with van der Waals surface area (Å²) in [5.74, 6) is -0.231. The van der Waals surface area contributed by atoms with Gasteiger partial charge < -0.3 is 5.32 Å². The molecule has 0 aliphatic carbocycles. The lowest BCUT2D eigenvalue weighted by molar-refractivity contribution is -0.120. The van der Waals surface area contributed by atoms with Crippen LogP contribution in [-0.2, 0) is 4.79 Å². The highest BCUT2D eigenvalue weighted by Gasteiger charge is 2.10. The Morgan fingerprint density at radius 1 is 1.05 bits per heavy atom. The van der Waals surface area contributed by atoms with Crippen LogP contribution in [0.2, 0.25) is 0 Å². The van der Waals surface area contributed by atoms with Crippen LogP contribution in [0.4, 0.5) is 0 Å². The molecular formula is C16H17NO2. The molecule has 0 aliphatic heterocycles. The molecule has 98 valence electrons. The predicted octanol–water partition coefficient (Wildman–Crippen LogP) is 2.79. The summed E-state index contributed by atoms with van der Waals surface area (Å²) in [6.07, 6.45) is 0. The van der Waals surface area contributed by atoms with Crippen LogP contribution in [0.25, 0.3) is 10.8 Å². The quantitative estimate of drug-likeness (QED) is 0.913. The first-order valence-corrected chi connectivity index (χ1v) is 6.37. The number of hydrogen-bond acceptors (Lipinski definition) is 2. The van der Waals surface area contributed by atoms with Crippen molar-refractivity contribution < 1.29 is 9.59 Å². The Morgan fingerprint density at radius 2 is 1.74 bits per heavy atom. The summed E-state index contributed by atoms with van der Waals surface area (Å²) in [5, 5.41) is 4.77. The fraction of sp³-hybridized carbons (Fsp3) is 0.250. The van der Waals surface area contributed by atoms with Crippen LogP contribution in [0.5, 0.6) is 0 Å². The molecule has 0 aliphatic rings. The monoisotopic (exact) mass is 255 g/mol. The lowest BCUT2D eigenvalue weighted by Gasteiger charge is -2.07. The van der Waals surface area contributed by atoms with Gasteiger partial charge in [0.1, 0.15) is 0 Å². The third-order valence-corrected chi connectivity index (χ3v) is 3.08. The second kappa shape index (κ2) is 5.65. The molecular weight excluding hydrogens is 238 g/mol. The smallest absolute Gasteiger partial charge is 0.251 e. The summed E-state index contributed by atoms with van der Waals surface area (Å²) in [7, 11) is 0. The number of carbonyl (C=O) groups is 2. The molecule has 0 spiro atoms. The summed E-state index contributed by atoms with van der Waals surface area (Å²) in [4.78, 5) is 23.4. The Kier molecular flexibility index (Phi) is 3.95. The van der Waals surface area contributed by atoms with Crippen LogP contribution in [0, 0.1) is 5.92 Å². The second-order valence-corrected chi connectivity index (χ2v) is 4.87. The number of Topliss-reactive ketones (excluding diaryl/α,β-unsaturated/α-hetero) is 1. The van der Waals surface area contributed by atoms with E-state index >= 15 is 0 Å². The van der Waals surface area contributed by atoms with E-state index in [4.69, 9.17) is 0 Å². The molecule has 1 amide bonds. The standard InChI is InChI=1S/C16H17NO2/c1-11(2)15(18)10-17-16(19)14-8-7-12-5-3-4-6-13(12)9-14/h3-9,11H,10H2,1-2H3,(H,17,19). The molecule has 3 nitrogen and oxygen atoms in total. The fourth-order valence-corrected chi connectivity index (χ4v) is 1.80. The molecule has 0 saturated carbocycles. The minimum Gasteiger partial charge on any atom is -0.345 e.